The first-order valence-corrected chi connectivity index (χ1v) is 8.00. The summed E-state index contributed by atoms with van der Waals surface area (Å²) >= 11 is 3.55. The van der Waals surface area contributed by atoms with Crippen LogP contribution in [0, 0.1) is 17.2 Å². The minimum Gasteiger partial charge on any atom is -0.370 e. The highest BCUT2D eigenvalue weighted by Gasteiger charge is 2.16. The Morgan fingerprint density at radius 3 is 2.60 bits per heavy atom. The highest BCUT2D eigenvalue weighted by Crippen LogP contribution is 2.30. The number of nitriles is 1. The van der Waals surface area contributed by atoms with Crippen LogP contribution < -0.4 is 10.2 Å². The third kappa shape index (κ3) is 4.50. The van der Waals surface area contributed by atoms with E-state index in [2.05, 4.69) is 71.2 Å². The summed E-state index contributed by atoms with van der Waals surface area (Å²) in [4.78, 5) is 2.28. The third-order valence-corrected chi connectivity index (χ3v) is 3.90. The fourth-order valence-electron chi connectivity index (χ4n) is 2.35. The molecule has 0 fully saturated rings. The van der Waals surface area contributed by atoms with E-state index in [1.165, 1.54) is 11.3 Å². The van der Waals surface area contributed by atoms with Crippen molar-refractivity contribution in [3.8, 4) is 6.07 Å². The summed E-state index contributed by atoms with van der Waals surface area (Å²) in [6, 6.07) is 8.98. The molecule has 0 aliphatic rings. The van der Waals surface area contributed by atoms with Gasteiger partial charge in [0.25, 0.3) is 0 Å². The zero-order valence-electron chi connectivity index (χ0n) is 12.8. The van der Waals surface area contributed by atoms with Gasteiger partial charge in [0.1, 0.15) is 0 Å². The quantitative estimate of drug-likeness (QED) is 0.813. The van der Waals surface area contributed by atoms with E-state index in [1.807, 2.05) is 6.92 Å². The maximum absolute atomic E-state index is 9.04. The second kappa shape index (κ2) is 8.28. The number of rotatable bonds is 7. The van der Waals surface area contributed by atoms with E-state index in [1.54, 1.807) is 0 Å². The Kier molecular flexibility index (Phi) is 7.04. The van der Waals surface area contributed by atoms with Gasteiger partial charge in [0.05, 0.1) is 12.0 Å². The van der Waals surface area contributed by atoms with Crippen molar-refractivity contribution in [2.24, 2.45) is 5.92 Å². The summed E-state index contributed by atoms with van der Waals surface area (Å²) in [7, 11) is 0. The van der Waals surface area contributed by atoms with Crippen molar-refractivity contribution in [3.63, 3.8) is 0 Å². The van der Waals surface area contributed by atoms with Gasteiger partial charge < -0.3 is 10.2 Å². The second-order valence-electron chi connectivity index (χ2n) is 5.05. The zero-order chi connectivity index (χ0) is 15.1. The van der Waals surface area contributed by atoms with Gasteiger partial charge in [0, 0.05) is 29.3 Å². The molecule has 1 N–H and O–H groups in total. The van der Waals surface area contributed by atoms with Crippen molar-refractivity contribution in [3.05, 3.63) is 28.2 Å². The van der Waals surface area contributed by atoms with Gasteiger partial charge in [-0.2, -0.15) is 5.26 Å². The van der Waals surface area contributed by atoms with Gasteiger partial charge in [-0.15, -0.1) is 0 Å². The molecule has 0 aliphatic heterocycles. The molecule has 0 heterocycles. The average Bonchev–Trinajstić information content (AvgIpc) is 2.45. The normalized spacial score (nSPS) is 13.6. The van der Waals surface area contributed by atoms with Crippen molar-refractivity contribution in [1.29, 1.82) is 5.26 Å². The fourth-order valence-corrected chi connectivity index (χ4v) is 2.72. The molecular formula is C16H24BrN3. The van der Waals surface area contributed by atoms with Gasteiger partial charge in [-0.25, -0.2) is 0 Å². The molecule has 3 nitrogen and oxygen atoms in total. The second-order valence-corrected chi connectivity index (χ2v) is 5.97. The Morgan fingerprint density at radius 2 is 2.05 bits per heavy atom. The Labute approximate surface area is 131 Å². The highest BCUT2D eigenvalue weighted by atomic mass is 79.9. The Bertz CT molecular complexity index is 467. The van der Waals surface area contributed by atoms with Crippen molar-refractivity contribution in [2.45, 2.75) is 33.7 Å². The molecule has 0 aliphatic carbocycles. The van der Waals surface area contributed by atoms with E-state index >= 15 is 0 Å². The van der Waals surface area contributed by atoms with E-state index in [-0.39, 0.29) is 5.92 Å². The number of halogens is 1. The largest absolute Gasteiger partial charge is 0.370 e. The molecule has 0 amide bonds. The first kappa shape index (κ1) is 17.0. The highest BCUT2D eigenvalue weighted by molar-refractivity contribution is 9.10. The Balaban J connectivity index is 3.11. The molecule has 0 radical (unpaired) electrons. The topological polar surface area (TPSA) is 39.1 Å². The van der Waals surface area contributed by atoms with Crippen LogP contribution in [0.25, 0.3) is 0 Å². The van der Waals surface area contributed by atoms with Crippen LogP contribution in [0.2, 0.25) is 0 Å². The molecule has 1 aromatic rings. The van der Waals surface area contributed by atoms with Crippen LogP contribution in [-0.2, 0) is 0 Å². The SMILES string of the molecule is CCNC(C)c1cc(Br)ccc1N(CC)CC(C)C#N. The van der Waals surface area contributed by atoms with Crippen LogP contribution in [-0.4, -0.2) is 19.6 Å². The van der Waals surface area contributed by atoms with Crippen molar-refractivity contribution >= 4 is 21.6 Å². The summed E-state index contributed by atoms with van der Waals surface area (Å²) in [5.74, 6) is 0.0286. The number of hydrogen-bond donors (Lipinski definition) is 1. The fraction of sp³-hybridized carbons (Fsp3) is 0.562. The predicted molar refractivity (Wildman–Crippen MR) is 88.9 cm³/mol. The number of benzene rings is 1. The molecule has 0 spiro atoms. The summed E-state index contributed by atoms with van der Waals surface area (Å²) in [6.07, 6.45) is 0. The number of nitrogens with zero attached hydrogens (tertiary/aromatic N) is 2. The lowest BCUT2D eigenvalue weighted by Crippen LogP contribution is -2.30. The standard InChI is InChI=1S/C16H24BrN3/c1-5-19-13(4)15-9-14(17)7-8-16(15)20(6-2)11-12(3)10-18/h7-9,12-13,19H,5-6,11H2,1-4H3. The summed E-state index contributed by atoms with van der Waals surface area (Å²) in [5.41, 5.74) is 2.49. The number of hydrogen-bond acceptors (Lipinski definition) is 3. The molecule has 0 saturated carbocycles. The van der Waals surface area contributed by atoms with Crippen LogP contribution in [0.5, 0.6) is 0 Å². The first-order valence-electron chi connectivity index (χ1n) is 7.20. The van der Waals surface area contributed by atoms with E-state index < -0.39 is 0 Å². The summed E-state index contributed by atoms with van der Waals surface area (Å²) < 4.78 is 1.09. The van der Waals surface area contributed by atoms with Gasteiger partial charge in [0.2, 0.25) is 0 Å². The smallest absolute Gasteiger partial charge is 0.0671 e. The monoisotopic (exact) mass is 337 g/mol. The van der Waals surface area contributed by atoms with E-state index in [0.717, 1.165) is 24.1 Å². The molecule has 4 heteroatoms. The first-order chi connectivity index (χ1) is 9.53. The average molecular weight is 338 g/mol. The van der Waals surface area contributed by atoms with Crippen molar-refractivity contribution in [1.82, 2.24) is 5.32 Å². The van der Waals surface area contributed by atoms with Gasteiger partial charge in [-0.1, -0.05) is 22.9 Å². The minimum absolute atomic E-state index is 0.0286. The molecule has 0 aromatic heterocycles. The van der Waals surface area contributed by atoms with Crippen LogP contribution in [0.15, 0.2) is 22.7 Å². The molecule has 2 unspecified atom stereocenters. The number of anilines is 1. The van der Waals surface area contributed by atoms with E-state index in [9.17, 15) is 0 Å². The molecule has 1 aromatic carbocycles. The molecule has 110 valence electrons. The number of nitrogens with one attached hydrogen (secondary N) is 1. The lowest BCUT2D eigenvalue weighted by Gasteiger charge is -2.29. The van der Waals surface area contributed by atoms with Crippen LogP contribution in [0.4, 0.5) is 5.69 Å². The molecule has 0 bridgehead atoms. The van der Waals surface area contributed by atoms with Crippen LogP contribution >= 0.6 is 15.9 Å². The van der Waals surface area contributed by atoms with Crippen molar-refractivity contribution < 1.29 is 0 Å². The molecular weight excluding hydrogens is 314 g/mol. The molecule has 1 rings (SSSR count). The van der Waals surface area contributed by atoms with Gasteiger partial charge in [0.15, 0.2) is 0 Å². The molecule has 2 atom stereocenters. The lowest BCUT2D eigenvalue weighted by molar-refractivity contribution is 0.592. The summed E-state index contributed by atoms with van der Waals surface area (Å²) in [6.45, 7) is 11.0. The molecule has 0 saturated heterocycles. The van der Waals surface area contributed by atoms with Gasteiger partial charge in [-0.3, -0.25) is 0 Å². The van der Waals surface area contributed by atoms with Crippen LogP contribution in [0.1, 0.15) is 39.3 Å². The predicted octanol–water partition coefficient (Wildman–Crippen LogP) is 4.11. The van der Waals surface area contributed by atoms with E-state index in [4.69, 9.17) is 5.26 Å². The third-order valence-electron chi connectivity index (χ3n) is 3.40. The maximum atomic E-state index is 9.04. The van der Waals surface area contributed by atoms with E-state index in [0.29, 0.717) is 6.04 Å². The van der Waals surface area contributed by atoms with Gasteiger partial charge in [-0.05, 0) is 51.1 Å². The summed E-state index contributed by atoms with van der Waals surface area (Å²) in [5, 5.41) is 12.5. The van der Waals surface area contributed by atoms with Crippen LogP contribution in [0.3, 0.4) is 0 Å². The van der Waals surface area contributed by atoms with Gasteiger partial charge >= 0.3 is 0 Å². The minimum atomic E-state index is 0.0286. The van der Waals surface area contributed by atoms with Crippen molar-refractivity contribution in [2.75, 3.05) is 24.5 Å². The Morgan fingerprint density at radius 1 is 1.35 bits per heavy atom. The molecule has 20 heavy (non-hydrogen) atoms. The lowest BCUT2D eigenvalue weighted by atomic mass is 10.0. The zero-order valence-corrected chi connectivity index (χ0v) is 14.4. The maximum Gasteiger partial charge on any atom is 0.0671 e. The Hall–Kier alpha value is -1.05.